The van der Waals surface area contributed by atoms with Gasteiger partial charge in [-0.15, -0.1) is 0 Å². The Labute approximate surface area is 97.9 Å². The van der Waals surface area contributed by atoms with E-state index in [1.165, 1.54) is 4.90 Å². The van der Waals surface area contributed by atoms with Crippen molar-refractivity contribution in [1.29, 1.82) is 0 Å². The molecule has 0 saturated heterocycles. The van der Waals surface area contributed by atoms with Crippen LogP contribution in [-0.2, 0) is 4.79 Å². The van der Waals surface area contributed by atoms with Gasteiger partial charge >= 0.3 is 0 Å². The van der Waals surface area contributed by atoms with Gasteiger partial charge in [-0.05, 0) is 12.8 Å². The molecule has 1 aliphatic heterocycles. The SMILES string of the molecule is CCCCC1(CCCC)N=C(N)N(C)C1=O. The Morgan fingerprint density at radius 1 is 1.25 bits per heavy atom. The van der Waals surface area contributed by atoms with Crippen LogP contribution in [0.25, 0.3) is 0 Å². The number of nitrogens with zero attached hydrogens (tertiary/aromatic N) is 2. The Balaban J connectivity index is 2.82. The predicted octanol–water partition coefficient (Wildman–Crippen LogP) is 1.89. The molecule has 1 rings (SSSR count). The lowest BCUT2D eigenvalue weighted by atomic mass is 9.87. The third-order valence-corrected chi connectivity index (χ3v) is 3.26. The Kier molecular flexibility index (Phi) is 4.33. The molecule has 16 heavy (non-hydrogen) atoms. The molecule has 0 aromatic rings. The zero-order valence-electron chi connectivity index (χ0n) is 10.6. The third kappa shape index (κ3) is 2.36. The Bertz CT molecular complexity index is 278. The van der Waals surface area contributed by atoms with Crippen LogP contribution < -0.4 is 5.73 Å². The number of rotatable bonds is 6. The van der Waals surface area contributed by atoms with Gasteiger partial charge in [0.25, 0.3) is 5.91 Å². The normalized spacial score (nSPS) is 19.1. The highest BCUT2D eigenvalue weighted by molar-refractivity contribution is 6.06. The quantitative estimate of drug-likeness (QED) is 0.750. The van der Waals surface area contributed by atoms with Crippen molar-refractivity contribution < 1.29 is 4.79 Å². The maximum Gasteiger partial charge on any atom is 0.257 e. The highest BCUT2D eigenvalue weighted by atomic mass is 16.2. The Morgan fingerprint density at radius 3 is 2.06 bits per heavy atom. The van der Waals surface area contributed by atoms with Crippen LogP contribution >= 0.6 is 0 Å². The van der Waals surface area contributed by atoms with Gasteiger partial charge in [0.1, 0.15) is 5.54 Å². The number of hydrogen-bond donors (Lipinski definition) is 1. The van der Waals surface area contributed by atoms with Crippen molar-refractivity contribution in [1.82, 2.24) is 4.90 Å². The van der Waals surface area contributed by atoms with Crippen LogP contribution in [-0.4, -0.2) is 29.4 Å². The number of aliphatic imine (C=N–C) groups is 1. The molecule has 0 unspecified atom stereocenters. The Morgan fingerprint density at radius 2 is 1.75 bits per heavy atom. The molecule has 0 bridgehead atoms. The molecular formula is C12H23N3O. The number of nitrogens with two attached hydrogens (primary N) is 1. The average Bonchev–Trinajstić information content (AvgIpc) is 2.49. The predicted molar refractivity (Wildman–Crippen MR) is 66.2 cm³/mol. The average molecular weight is 225 g/mol. The molecule has 0 fully saturated rings. The van der Waals surface area contributed by atoms with Gasteiger partial charge in [0.05, 0.1) is 0 Å². The molecule has 0 radical (unpaired) electrons. The number of unbranched alkanes of at least 4 members (excludes halogenated alkanes) is 2. The largest absolute Gasteiger partial charge is 0.369 e. The molecule has 4 heteroatoms. The minimum atomic E-state index is -0.551. The fourth-order valence-electron chi connectivity index (χ4n) is 2.15. The van der Waals surface area contributed by atoms with Crippen LogP contribution in [0.1, 0.15) is 52.4 Å². The Hall–Kier alpha value is -1.06. The lowest BCUT2D eigenvalue weighted by molar-refractivity contribution is -0.130. The van der Waals surface area contributed by atoms with E-state index < -0.39 is 5.54 Å². The summed E-state index contributed by atoms with van der Waals surface area (Å²) in [6.07, 6.45) is 5.88. The minimum Gasteiger partial charge on any atom is -0.369 e. The van der Waals surface area contributed by atoms with Crippen molar-refractivity contribution in [2.24, 2.45) is 10.7 Å². The maximum absolute atomic E-state index is 12.2. The minimum absolute atomic E-state index is 0.0758. The molecule has 0 aromatic carbocycles. The summed E-state index contributed by atoms with van der Waals surface area (Å²) in [5, 5.41) is 0. The first-order valence-electron chi connectivity index (χ1n) is 6.21. The monoisotopic (exact) mass is 225 g/mol. The van der Waals surface area contributed by atoms with E-state index in [1.807, 2.05) is 0 Å². The molecule has 2 N–H and O–H groups in total. The fourth-order valence-corrected chi connectivity index (χ4v) is 2.15. The van der Waals surface area contributed by atoms with Crippen LogP contribution in [0.15, 0.2) is 4.99 Å². The molecule has 1 amide bonds. The van der Waals surface area contributed by atoms with Crippen molar-refractivity contribution in [3.8, 4) is 0 Å². The zero-order valence-corrected chi connectivity index (χ0v) is 10.6. The van der Waals surface area contributed by atoms with Crippen molar-refractivity contribution >= 4 is 11.9 Å². The van der Waals surface area contributed by atoms with Crippen molar-refractivity contribution in [2.75, 3.05) is 7.05 Å². The summed E-state index contributed by atoms with van der Waals surface area (Å²) in [7, 11) is 1.71. The van der Waals surface area contributed by atoms with E-state index in [-0.39, 0.29) is 5.91 Å². The van der Waals surface area contributed by atoms with E-state index in [1.54, 1.807) is 7.05 Å². The molecule has 0 spiro atoms. The van der Waals surface area contributed by atoms with Gasteiger partial charge in [-0.2, -0.15) is 0 Å². The summed E-state index contributed by atoms with van der Waals surface area (Å²) >= 11 is 0. The van der Waals surface area contributed by atoms with Crippen LogP contribution in [0, 0.1) is 0 Å². The highest BCUT2D eigenvalue weighted by Gasteiger charge is 2.44. The molecule has 0 aliphatic carbocycles. The second kappa shape index (κ2) is 5.32. The van der Waals surface area contributed by atoms with E-state index in [2.05, 4.69) is 18.8 Å². The van der Waals surface area contributed by atoms with E-state index >= 15 is 0 Å². The molecule has 0 saturated carbocycles. The second-order valence-electron chi connectivity index (χ2n) is 4.57. The van der Waals surface area contributed by atoms with Gasteiger partial charge in [-0.25, -0.2) is 4.99 Å². The van der Waals surface area contributed by atoms with Crippen LogP contribution in [0.3, 0.4) is 0 Å². The van der Waals surface area contributed by atoms with Crippen LogP contribution in [0.5, 0.6) is 0 Å². The molecule has 1 aliphatic rings. The molecule has 92 valence electrons. The zero-order chi connectivity index (χ0) is 12.2. The second-order valence-corrected chi connectivity index (χ2v) is 4.57. The van der Waals surface area contributed by atoms with E-state index in [0.29, 0.717) is 5.96 Å². The molecule has 0 atom stereocenters. The standard InChI is InChI=1S/C12H23N3O/c1-4-6-8-12(9-7-5-2)10(16)15(3)11(13)14-12/h4-9H2,1-3H3,(H2,13,14). The number of carbonyl (C=O) groups is 1. The first kappa shape index (κ1) is 13.0. The molecule has 4 nitrogen and oxygen atoms in total. The number of likely N-dealkylation sites (N-methyl/N-ethyl adjacent to an activating group) is 1. The van der Waals surface area contributed by atoms with E-state index in [0.717, 1.165) is 38.5 Å². The van der Waals surface area contributed by atoms with Gasteiger partial charge in [-0.3, -0.25) is 9.69 Å². The lowest BCUT2D eigenvalue weighted by Gasteiger charge is -2.24. The van der Waals surface area contributed by atoms with Crippen molar-refractivity contribution in [2.45, 2.75) is 57.9 Å². The summed E-state index contributed by atoms with van der Waals surface area (Å²) in [5.41, 5.74) is 5.19. The number of carbonyl (C=O) groups excluding carboxylic acids is 1. The summed E-state index contributed by atoms with van der Waals surface area (Å²) in [5.74, 6) is 0.448. The number of guanidine groups is 1. The van der Waals surface area contributed by atoms with Crippen molar-refractivity contribution in [3.63, 3.8) is 0 Å². The first-order chi connectivity index (χ1) is 7.57. The fraction of sp³-hybridized carbons (Fsp3) is 0.833. The summed E-state index contributed by atoms with van der Waals surface area (Å²) < 4.78 is 0. The van der Waals surface area contributed by atoms with Gasteiger partial charge in [0, 0.05) is 7.05 Å². The number of amides is 1. The first-order valence-corrected chi connectivity index (χ1v) is 6.21. The smallest absolute Gasteiger partial charge is 0.257 e. The van der Waals surface area contributed by atoms with E-state index in [4.69, 9.17) is 5.73 Å². The molecule has 0 aromatic heterocycles. The van der Waals surface area contributed by atoms with Gasteiger partial charge in [0.15, 0.2) is 5.96 Å². The van der Waals surface area contributed by atoms with Crippen LogP contribution in [0.2, 0.25) is 0 Å². The molecule has 1 heterocycles. The lowest BCUT2D eigenvalue weighted by Crippen LogP contribution is -2.42. The van der Waals surface area contributed by atoms with Gasteiger partial charge in [0.2, 0.25) is 0 Å². The van der Waals surface area contributed by atoms with Crippen LogP contribution in [0.4, 0.5) is 0 Å². The van der Waals surface area contributed by atoms with E-state index in [9.17, 15) is 4.79 Å². The van der Waals surface area contributed by atoms with Crippen molar-refractivity contribution in [3.05, 3.63) is 0 Å². The number of hydrogen-bond acceptors (Lipinski definition) is 3. The summed E-state index contributed by atoms with van der Waals surface area (Å²) in [4.78, 5) is 18.1. The summed E-state index contributed by atoms with van der Waals surface area (Å²) in [6, 6.07) is 0. The van der Waals surface area contributed by atoms with Gasteiger partial charge in [-0.1, -0.05) is 39.5 Å². The maximum atomic E-state index is 12.2. The highest BCUT2D eigenvalue weighted by Crippen LogP contribution is 2.31. The third-order valence-electron chi connectivity index (χ3n) is 3.26. The summed E-state index contributed by atoms with van der Waals surface area (Å²) in [6.45, 7) is 4.26. The van der Waals surface area contributed by atoms with Gasteiger partial charge < -0.3 is 5.73 Å². The molecular weight excluding hydrogens is 202 g/mol. The topological polar surface area (TPSA) is 58.7 Å².